The number of carbonyl (C=O) groups excluding carboxylic acids is 1. The molecule has 0 aliphatic carbocycles. The van der Waals surface area contributed by atoms with E-state index in [2.05, 4.69) is 26.1 Å². The number of rotatable bonds is 6. The van der Waals surface area contributed by atoms with E-state index in [0.717, 1.165) is 12.8 Å². The molecule has 20 heavy (non-hydrogen) atoms. The second kappa shape index (κ2) is 7.08. The zero-order valence-corrected chi connectivity index (χ0v) is 12.3. The molecule has 0 saturated carbocycles. The van der Waals surface area contributed by atoms with Gasteiger partial charge in [-0.2, -0.15) is 0 Å². The monoisotopic (exact) mass is 277 g/mol. The Labute approximate surface area is 120 Å². The summed E-state index contributed by atoms with van der Waals surface area (Å²) >= 11 is 0. The average molecular weight is 277 g/mol. The average Bonchev–Trinajstić information content (AvgIpc) is 2.35. The van der Waals surface area contributed by atoms with Crippen LogP contribution in [0.4, 0.5) is 0 Å². The Bertz CT molecular complexity index is 449. The van der Waals surface area contributed by atoms with Crippen molar-refractivity contribution in [2.45, 2.75) is 46.1 Å². The molecule has 0 aromatic heterocycles. The van der Waals surface area contributed by atoms with Gasteiger partial charge in [0.15, 0.2) is 6.04 Å². The Hall–Kier alpha value is -1.84. The van der Waals surface area contributed by atoms with Gasteiger partial charge in [0.25, 0.3) is 0 Å². The van der Waals surface area contributed by atoms with Gasteiger partial charge in [0.1, 0.15) is 0 Å². The van der Waals surface area contributed by atoms with Crippen LogP contribution in [0, 0.1) is 5.41 Å². The van der Waals surface area contributed by atoms with E-state index in [4.69, 9.17) is 0 Å². The molecule has 1 aromatic carbocycles. The van der Waals surface area contributed by atoms with Crippen LogP contribution in [0.2, 0.25) is 0 Å². The standard InChI is InChI=1S/C16H23NO3/c1-16(2,3)11-7-10-13(18)17-14(15(19)20)12-8-5-4-6-9-12/h4-6,8-9,14H,7,10-11H2,1-3H3,(H,17,18)(H,19,20). The first kappa shape index (κ1) is 16.2. The normalized spacial score (nSPS) is 12.8. The summed E-state index contributed by atoms with van der Waals surface area (Å²) in [5.74, 6) is -1.26. The van der Waals surface area contributed by atoms with Crippen molar-refractivity contribution in [3.8, 4) is 0 Å². The molecule has 0 spiro atoms. The second-order valence-electron chi connectivity index (χ2n) is 6.16. The second-order valence-corrected chi connectivity index (χ2v) is 6.16. The van der Waals surface area contributed by atoms with Crippen LogP contribution in [0.15, 0.2) is 30.3 Å². The molecule has 1 amide bonds. The van der Waals surface area contributed by atoms with Crippen LogP contribution in [0.25, 0.3) is 0 Å². The third kappa shape index (κ3) is 5.87. The number of benzene rings is 1. The van der Waals surface area contributed by atoms with Crippen molar-refractivity contribution in [1.29, 1.82) is 0 Å². The highest BCUT2D eigenvalue weighted by Crippen LogP contribution is 2.21. The molecular weight excluding hydrogens is 254 g/mol. The zero-order valence-electron chi connectivity index (χ0n) is 12.3. The summed E-state index contributed by atoms with van der Waals surface area (Å²) in [5.41, 5.74) is 0.774. The maximum absolute atomic E-state index is 11.8. The Balaban J connectivity index is 2.55. The molecule has 0 saturated heterocycles. The van der Waals surface area contributed by atoms with Crippen molar-refractivity contribution < 1.29 is 14.7 Å². The summed E-state index contributed by atoms with van der Waals surface area (Å²) in [6, 6.07) is 7.77. The summed E-state index contributed by atoms with van der Waals surface area (Å²) < 4.78 is 0. The van der Waals surface area contributed by atoms with Gasteiger partial charge in [0, 0.05) is 6.42 Å². The number of carbonyl (C=O) groups is 2. The quantitative estimate of drug-likeness (QED) is 0.839. The summed E-state index contributed by atoms with van der Waals surface area (Å²) in [7, 11) is 0. The molecule has 4 heteroatoms. The number of carboxylic acids is 1. The molecule has 4 nitrogen and oxygen atoms in total. The van der Waals surface area contributed by atoms with E-state index in [1.165, 1.54) is 0 Å². The van der Waals surface area contributed by atoms with Crippen LogP contribution in [0.5, 0.6) is 0 Å². The highest BCUT2D eigenvalue weighted by molar-refractivity contribution is 5.84. The lowest BCUT2D eigenvalue weighted by atomic mass is 9.90. The molecule has 0 heterocycles. The number of hydrogen-bond acceptors (Lipinski definition) is 2. The van der Waals surface area contributed by atoms with Crippen LogP contribution in [-0.4, -0.2) is 17.0 Å². The van der Waals surface area contributed by atoms with E-state index >= 15 is 0 Å². The molecule has 0 aliphatic rings. The van der Waals surface area contributed by atoms with Gasteiger partial charge in [-0.3, -0.25) is 4.79 Å². The highest BCUT2D eigenvalue weighted by Gasteiger charge is 2.21. The number of hydrogen-bond donors (Lipinski definition) is 2. The molecule has 1 aromatic rings. The van der Waals surface area contributed by atoms with E-state index in [1.54, 1.807) is 24.3 Å². The number of aliphatic carboxylic acids is 1. The van der Waals surface area contributed by atoms with Crippen LogP contribution >= 0.6 is 0 Å². The molecule has 1 rings (SSSR count). The Kier molecular flexibility index (Phi) is 5.74. The van der Waals surface area contributed by atoms with Crippen molar-refractivity contribution in [3.63, 3.8) is 0 Å². The third-order valence-corrected chi connectivity index (χ3v) is 3.02. The number of nitrogens with one attached hydrogen (secondary N) is 1. The molecule has 0 fully saturated rings. The zero-order chi connectivity index (χ0) is 15.2. The largest absolute Gasteiger partial charge is 0.479 e. The topological polar surface area (TPSA) is 66.4 Å². The molecule has 1 unspecified atom stereocenters. The van der Waals surface area contributed by atoms with Crippen LogP contribution in [0.1, 0.15) is 51.6 Å². The summed E-state index contributed by atoms with van der Waals surface area (Å²) in [6.07, 6.45) is 2.05. The van der Waals surface area contributed by atoms with E-state index < -0.39 is 12.0 Å². The fourth-order valence-electron chi connectivity index (χ4n) is 1.95. The predicted molar refractivity (Wildman–Crippen MR) is 78.3 cm³/mol. The lowest BCUT2D eigenvalue weighted by Gasteiger charge is -2.18. The Morgan fingerprint density at radius 2 is 1.80 bits per heavy atom. The van der Waals surface area contributed by atoms with E-state index in [-0.39, 0.29) is 11.3 Å². The predicted octanol–water partition coefficient (Wildman–Crippen LogP) is 3.14. The first-order valence-corrected chi connectivity index (χ1v) is 6.87. The SMILES string of the molecule is CC(C)(C)CCCC(=O)NC(C(=O)O)c1ccccc1. The van der Waals surface area contributed by atoms with Gasteiger partial charge in [-0.1, -0.05) is 51.1 Å². The van der Waals surface area contributed by atoms with Crippen LogP contribution in [-0.2, 0) is 9.59 Å². The molecule has 0 radical (unpaired) electrons. The molecule has 1 atom stereocenters. The number of carboxylic acid groups (broad SMARTS) is 1. The van der Waals surface area contributed by atoms with Gasteiger partial charge in [-0.15, -0.1) is 0 Å². The maximum atomic E-state index is 11.8. The van der Waals surface area contributed by atoms with E-state index in [1.807, 2.05) is 6.07 Å². The summed E-state index contributed by atoms with van der Waals surface area (Å²) in [4.78, 5) is 23.1. The van der Waals surface area contributed by atoms with Crippen molar-refractivity contribution in [3.05, 3.63) is 35.9 Å². The minimum Gasteiger partial charge on any atom is -0.479 e. The fourth-order valence-corrected chi connectivity index (χ4v) is 1.95. The van der Waals surface area contributed by atoms with Crippen LogP contribution < -0.4 is 5.32 Å². The van der Waals surface area contributed by atoms with Gasteiger partial charge in [-0.05, 0) is 23.8 Å². The minimum absolute atomic E-state index is 0.186. The highest BCUT2D eigenvalue weighted by atomic mass is 16.4. The third-order valence-electron chi connectivity index (χ3n) is 3.02. The van der Waals surface area contributed by atoms with Gasteiger partial charge < -0.3 is 10.4 Å². The van der Waals surface area contributed by atoms with Crippen molar-refractivity contribution in [1.82, 2.24) is 5.32 Å². The van der Waals surface area contributed by atoms with Gasteiger partial charge in [0.2, 0.25) is 5.91 Å². The van der Waals surface area contributed by atoms with Gasteiger partial charge in [0.05, 0.1) is 0 Å². The molecule has 110 valence electrons. The molecule has 0 bridgehead atoms. The minimum atomic E-state index is -1.04. The van der Waals surface area contributed by atoms with Crippen molar-refractivity contribution in [2.24, 2.45) is 5.41 Å². The molecular formula is C16H23NO3. The molecule has 2 N–H and O–H groups in total. The Morgan fingerprint density at radius 3 is 2.30 bits per heavy atom. The lowest BCUT2D eigenvalue weighted by molar-refractivity contribution is -0.142. The fraction of sp³-hybridized carbons (Fsp3) is 0.500. The van der Waals surface area contributed by atoms with Gasteiger partial charge >= 0.3 is 5.97 Å². The summed E-state index contributed by atoms with van der Waals surface area (Å²) in [5, 5.41) is 11.8. The van der Waals surface area contributed by atoms with Gasteiger partial charge in [-0.25, -0.2) is 4.79 Å². The smallest absolute Gasteiger partial charge is 0.330 e. The summed E-state index contributed by atoms with van der Waals surface area (Å²) in [6.45, 7) is 6.36. The lowest BCUT2D eigenvalue weighted by Crippen LogP contribution is -2.33. The van der Waals surface area contributed by atoms with Crippen LogP contribution in [0.3, 0.4) is 0 Å². The van der Waals surface area contributed by atoms with E-state index in [9.17, 15) is 14.7 Å². The maximum Gasteiger partial charge on any atom is 0.330 e. The van der Waals surface area contributed by atoms with Crippen molar-refractivity contribution in [2.75, 3.05) is 0 Å². The molecule has 0 aliphatic heterocycles. The first-order valence-electron chi connectivity index (χ1n) is 6.87. The van der Waals surface area contributed by atoms with E-state index in [0.29, 0.717) is 12.0 Å². The first-order chi connectivity index (χ1) is 9.29. The Morgan fingerprint density at radius 1 is 1.20 bits per heavy atom. The van der Waals surface area contributed by atoms with Crippen molar-refractivity contribution >= 4 is 11.9 Å². The number of amides is 1.